The van der Waals surface area contributed by atoms with Crippen molar-refractivity contribution < 1.29 is 18.3 Å². The van der Waals surface area contributed by atoms with E-state index < -0.39 is 17.3 Å². The Balaban J connectivity index is 2.01. The molecule has 23 heavy (non-hydrogen) atoms. The summed E-state index contributed by atoms with van der Waals surface area (Å²) in [7, 11) is 1.51. The smallest absolute Gasteiger partial charge is 0.349 e. The predicted octanol–water partition coefficient (Wildman–Crippen LogP) is 3.19. The van der Waals surface area contributed by atoms with Crippen molar-refractivity contribution >= 4 is 22.6 Å². The molecule has 1 N–H and O–H groups in total. The minimum atomic E-state index is -0.795. The molecule has 0 unspecified atom stereocenters. The zero-order valence-corrected chi connectivity index (χ0v) is 12.1. The van der Waals surface area contributed by atoms with Gasteiger partial charge in [-0.05, 0) is 36.4 Å². The van der Waals surface area contributed by atoms with Crippen molar-refractivity contribution in [2.75, 3.05) is 12.4 Å². The Kier molecular flexibility index (Phi) is 3.80. The van der Waals surface area contributed by atoms with Gasteiger partial charge < -0.3 is 14.5 Å². The Hall–Kier alpha value is -3.15. The summed E-state index contributed by atoms with van der Waals surface area (Å²) in [6.45, 7) is 0. The van der Waals surface area contributed by atoms with Crippen LogP contribution in [0, 0.1) is 5.82 Å². The van der Waals surface area contributed by atoms with Crippen molar-refractivity contribution in [2.24, 2.45) is 0 Å². The number of methoxy groups -OCH3 is 1. The van der Waals surface area contributed by atoms with Gasteiger partial charge in [-0.3, -0.25) is 4.79 Å². The van der Waals surface area contributed by atoms with Gasteiger partial charge in [0.25, 0.3) is 5.91 Å². The molecular formula is C17H12FNO4. The molecule has 0 spiro atoms. The summed E-state index contributed by atoms with van der Waals surface area (Å²) in [6.07, 6.45) is 0. The lowest BCUT2D eigenvalue weighted by atomic mass is 10.1. The van der Waals surface area contributed by atoms with E-state index in [-0.39, 0.29) is 11.3 Å². The second-order valence-corrected chi connectivity index (χ2v) is 4.79. The normalized spacial score (nSPS) is 10.5. The van der Waals surface area contributed by atoms with E-state index in [2.05, 4.69) is 5.32 Å². The highest BCUT2D eigenvalue weighted by Crippen LogP contribution is 2.21. The minimum absolute atomic E-state index is 0.0114. The Labute approximate surface area is 130 Å². The molecule has 0 aliphatic rings. The molecule has 1 amide bonds. The molecule has 0 atom stereocenters. The third-order valence-corrected chi connectivity index (χ3v) is 3.31. The molecule has 6 heteroatoms. The highest BCUT2D eigenvalue weighted by molar-refractivity contribution is 6.05. The molecule has 3 aromatic rings. The molecule has 116 valence electrons. The first-order chi connectivity index (χ1) is 11.1. The SMILES string of the molecule is COc1ccc2oc(=O)c(C(=O)Nc3ccccc3F)cc2c1. The van der Waals surface area contributed by atoms with Crippen LogP contribution in [0.2, 0.25) is 0 Å². The quantitative estimate of drug-likeness (QED) is 0.754. The van der Waals surface area contributed by atoms with Crippen molar-refractivity contribution in [1.82, 2.24) is 0 Å². The molecular weight excluding hydrogens is 301 g/mol. The Morgan fingerprint density at radius 2 is 1.96 bits per heavy atom. The molecule has 1 heterocycles. The number of ether oxygens (including phenoxy) is 1. The molecule has 3 rings (SSSR count). The lowest BCUT2D eigenvalue weighted by Crippen LogP contribution is -2.21. The number of hydrogen-bond donors (Lipinski definition) is 1. The second kappa shape index (κ2) is 5.92. The molecule has 5 nitrogen and oxygen atoms in total. The number of halogens is 1. The second-order valence-electron chi connectivity index (χ2n) is 4.79. The zero-order valence-electron chi connectivity index (χ0n) is 12.1. The van der Waals surface area contributed by atoms with Crippen molar-refractivity contribution in [3.8, 4) is 5.75 Å². The maximum atomic E-state index is 13.6. The summed E-state index contributed by atoms with van der Waals surface area (Å²) >= 11 is 0. The fourth-order valence-corrected chi connectivity index (χ4v) is 2.14. The van der Waals surface area contributed by atoms with Gasteiger partial charge in [0.2, 0.25) is 0 Å². The molecule has 0 saturated heterocycles. The number of benzene rings is 2. The fourth-order valence-electron chi connectivity index (χ4n) is 2.14. The van der Waals surface area contributed by atoms with Crippen molar-refractivity contribution in [1.29, 1.82) is 0 Å². The Morgan fingerprint density at radius 3 is 2.70 bits per heavy atom. The maximum absolute atomic E-state index is 13.6. The Bertz CT molecular complexity index is 949. The average Bonchev–Trinajstić information content (AvgIpc) is 2.55. The Morgan fingerprint density at radius 1 is 1.17 bits per heavy atom. The lowest BCUT2D eigenvalue weighted by Gasteiger charge is -2.06. The van der Waals surface area contributed by atoms with Crippen LogP contribution in [0.3, 0.4) is 0 Å². The van der Waals surface area contributed by atoms with Crippen LogP contribution < -0.4 is 15.7 Å². The molecule has 0 aliphatic carbocycles. The summed E-state index contributed by atoms with van der Waals surface area (Å²) in [5.41, 5.74) is -0.689. The molecule has 0 saturated carbocycles. The number of hydrogen-bond acceptors (Lipinski definition) is 4. The van der Waals surface area contributed by atoms with Crippen molar-refractivity contribution in [2.45, 2.75) is 0 Å². The summed E-state index contributed by atoms with van der Waals surface area (Å²) in [5.74, 6) is -0.770. The summed E-state index contributed by atoms with van der Waals surface area (Å²) in [4.78, 5) is 24.2. The summed E-state index contributed by atoms with van der Waals surface area (Å²) in [6, 6.07) is 11.9. The topological polar surface area (TPSA) is 68.5 Å². The first kappa shape index (κ1) is 14.8. The van der Waals surface area contributed by atoms with Crippen LogP contribution in [0.5, 0.6) is 5.75 Å². The van der Waals surface area contributed by atoms with E-state index in [1.165, 1.54) is 31.4 Å². The van der Waals surface area contributed by atoms with Gasteiger partial charge in [0.1, 0.15) is 22.7 Å². The molecule has 0 radical (unpaired) electrons. The van der Waals surface area contributed by atoms with E-state index in [1.807, 2.05) is 0 Å². The molecule has 2 aromatic carbocycles. The van der Waals surface area contributed by atoms with Gasteiger partial charge in [-0.2, -0.15) is 0 Å². The number of anilines is 1. The van der Waals surface area contributed by atoms with E-state index in [1.54, 1.807) is 24.3 Å². The van der Waals surface area contributed by atoms with Crippen molar-refractivity contribution in [3.63, 3.8) is 0 Å². The standard InChI is InChI=1S/C17H12FNO4/c1-22-11-6-7-15-10(8-11)9-12(17(21)23-15)16(20)19-14-5-3-2-4-13(14)18/h2-9H,1H3,(H,19,20). The molecule has 0 aliphatic heterocycles. The van der Waals surface area contributed by atoms with Gasteiger partial charge in [-0.1, -0.05) is 12.1 Å². The third kappa shape index (κ3) is 2.91. The van der Waals surface area contributed by atoms with Crippen LogP contribution in [0.4, 0.5) is 10.1 Å². The molecule has 0 bridgehead atoms. The van der Waals surface area contributed by atoms with Crippen LogP contribution in [0.1, 0.15) is 10.4 Å². The highest BCUT2D eigenvalue weighted by Gasteiger charge is 2.15. The third-order valence-electron chi connectivity index (χ3n) is 3.31. The van der Waals surface area contributed by atoms with Gasteiger partial charge in [0, 0.05) is 5.39 Å². The number of amides is 1. The van der Waals surface area contributed by atoms with Crippen LogP contribution in [-0.4, -0.2) is 13.0 Å². The first-order valence-corrected chi connectivity index (χ1v) is 6.76. The van der Waals surface area contributed by atoms with Crippen LogP contribution in [0.25, 0.3) is 11.0 Å². The van der Waals surface area contributed by atoms with Crippen LogP contribution >= 0.6 is 0 Å². The van der Waals surface area contributed by atoms with Gasteiger partial charge in [-0.25, -0.2) is 9.18 Å². The van der Waals surface area contributed by atoms with E-state index in [4.69, 9.17) is 9.15 Å². The number of nitrogens with one attached hydrogen (secondary N) is 1. The maximum Gasteiger partial charge on any atom is 0.349 e. The van der Waals surface area contributed by atoms with Crippen LogP contribution in [-0.2, 0) is 0 Å². The van der Waals surface area contributed by atoms with Gasteiger partial charge >= 0.3 is 5.63 Å². The number of carbonyl (C=O) groups excluding carboxylic acids is 1. The van der Waals surface area contributed by atoms with E-state index in [0.29, 0.717) is 16.7 Å². The minimum Gasteiger partial charge on any atom is -0.497 e. The van der Waals surface area contributed by atoms with E-state index in [0.717, 1.165) is 0 Å². The fraction of sp³-hybridized carbons (Fsp3) is 0.0588. The summed E-state index contributed by atoms with van der Waals surface area (Å²) in [5, 5.41) is 2.89. The van der Waals surface area contributed by atoms with Crippen LogP contribution in [0.15, 0.2) is 57.7 Å². The number of fused-ring (bicyclic) bond motifs is 1. The van der Waals surface area contributed by atoms with Gasteiger partial charge in [0.05, 0.1) is 12.8 Å². The van der Waals surface area contributed by atoms with Crippen molar-refractivity contribution in [3.05, 3.63) is 70.3 Å². The number of para-hydroxylation sites is 1. The van der Waals surface area contributed by atoms with Gasteiger partial charge in [0.15, 0.2) is 0 Å². The predicted molar refractivity (Wildman–Crippen MR) is 83.4 cm³/mol. The monoisotopic (exact) mass is 313 g/mol. The average molecular weight is 313 g/mol. The van der Waals surface area contributed by atoms with Gasteiger partial charge in [-0.15, -0.1) is 0 Å². The number of carbonyl (C=O) groups is 1. The molecule has 1 aromatic heterocycles. The largest absolute Gasteiger partial charge is 0.497 e. The lowest BCUT2D eigenvalue weighted by molar-refractivity contribution is 0.102. The first-order valence-electron chi connectivity index (χ1n) is 6.76. The number of rotatable bonds is 3. The summed E-state index contributed by atoms with van der Waals surface area (Å²) < 4.78 is 23.8. The van der Waals surface area contributed by atoms with E-state index in [9.17, 15) is 14.0 Å². The highest BCUT2D eigenvalue weighted by atomic mass is 19.1. The molecule has 0 fully saturated rings. The van der Waals surface area contributed by atoms with E-state index >= 15 is 0 Å². The zero-order chi connectivity index (χ0) is 16.4.